The van der Waals surface area contributed by atoms with Gasteiger partial charge in [-0.3, -0.25) is 4.79 Å². The van der Waals surface area contributed by atoms with Gasteiger partial charge in [-0.2, -0.15) is 0 Å². The summed E-state index contributed by atoms with van der Waals surface area (Å²) in [6.07, 6.45) is 3.24. The van der Waals surface area contributed by atoms with Crippen LogP contribution in [0.3, 0.4) is 0 Å². The SMILES string of the molecule is COc1cc(N2CCN(C(=O)Cn3cc(-c4ccc(F)c(C)c4)nc3-c3ccc(F)cc3)CC2)ncn1. The smallest absolute Gasteiger partial charge is 0.242 e. The highest BCUT2D eigenvalue weighted by Gasteiger charge is 2.24. The van der Waals surface area contributed by atoms with Gasteiger partial charge in [-0.1, -0.05) is 0 Å². The molecular formula is C27H26F2N6O2. The van der Waals surface area contributed by atoms with Crippen LogP contribution in [0.25, 0.3) is 22.6 Å². The van der Waals surface area contributed by atoms with E-state index in [1.807, 2.05) is 4.90 Å². The number of nitrogens with zero attached hydrogens (tertiary/aromatic N) is 6. The number of carbonyl (C=O) groups is 1. The van der Waals surface area contributed by atoms with Crippen molar-refractivity contribution in [1.82, 2.24) is 24.4 Å². The number of halogens is 2. The van der Waals surface area contributed by atoms with Gasteiger partial charge in [-0.15, -0.1) is 0 Å². The number of hydrogen-bond acceptors (Lipinski definition) is 6. The highest BCUT2D eigenvalue weighted by molar-refractivity contribution is 5.78. The van der Waals surface area contributed by atoms with Crippen LogP contribution in [0.15, 0.2) is 61.1 Å². The number of imidazole rings is 1. The average molecular weight is 505 g/mol. The number of aromatic nitrogens is 4. The number of benzene rings is 2. The van der Waals surface area contributed by atoms with E-state index in [0.29, 0.717) is 54.7 Å². The summed E-state index contributed by atoms with van der Waals surface area (Å²) >= 11 is 0. The Bertz CT molecular complexity index is 1410. The zero-order valence-corrected chi connectivity index (χ0v) is 20.6. The predicted octanol–water partition coefficient (Wildman–Crippen LogP) is 3.95. The second kappa shape index (κ2) is 10.3. The number of aryl methyl sites for hydroxylation is 1. The van der Waals surface area contributed by atoms with Crippen LogP contribution in [-0.2, 0) is 11.3 Å². The Hall–Kier alpha value is -4.34. The predicted molar refractivity (Wildman–Crippen MR) is 135 cm³/mol. The zero-order valence-electron chi connectivity index (χ0n) is 20.6. The third-order valence-electron chi connectivity index (χ3n) is 6.43. The lowest BCUT2D eigenvalue weighted by molar-refractivity contribution is -0.132. The molecule has 190 valence electrons. The number of amides is 1. The largest absolute Gasteiger partial charge is 0.481 e. The number of ether oxygens (including phenoxy) is 1. The first-order valence-corrected chi connectivity index (χ1v) is 11.9. The molecule has 8 nitrogen and oxygen atoms in total. The molecule has 5 rings (SSSR count). The molecule has 2 aromatic carbocycles. The van der Waals surface area contributed by atoms with Crippen molar-refractivity contribution in [3.05, 3.63) is 78.3 Å². The normalized spacial score (nSPS) is 13.6. The Morgan fingerprint density at radius 2 is 1.70 bits per heavy atom. The van der Waals surface area contributed by atoms with Crippen molar-refractivity contribution in [2.45, 2.75) is 13.5 Å². The summed E-state index contributed by atoms with van der Waals surface area (Å²) in [6, 6.07) is 12.5. The van der Waals surface area contributed by atoms with Gasteiger partial charge in [0, 0.05) is 49.6 Å². The van der Waals surface area contributed by atoms with Gasteiger partial charge >= 0.3 is 0 Å². The van der Waals surface area contributed by atoms with E-state index in [9.17, 15) is 13.6 Å². The van der Waals surface area contributed by atoms with E-state index < -0.39 is 0 Å². The summed E-state index contributed by atoms with van der Waals surface area (Å²) in [5.74, 6) is 1.08. The van der Waals surface area contributed by atoms with Crippen LogP contribution in [-0.4, -0.2) is 63.6 Å². The average Bonchev–Trinajstić information content (AvgIpc) is 3.34. The summed E-state index contributed by atoms with van der Waals surface area (Å²) < 4.78 is 34.3. The van der Waals surface area contributed by atoms with Crippen molar-refractivity contribution in [3.8, 4) is 28.5 Å². The number of methoxy groups -OCH3 is 1. The maximum Gasteiger partial charge on any atom is 0.242 e. The van der Waals surface area contributed by atoms with Crippen LogP contribution in [0.2, 0.25) is 0 Å². The number of rotatable bonds is 6. The minimum atomic E-state index is -0.355. The van der Waals surface area contributed by atoms with Gasteiger partial charge in [0.2, 0.25) is 11.8 Å². The summed E-state index contributed by atoms with van der Waals surface area (Å²) in [5.41, 5.74) is 2.53. The Morgan fingerprint density at radius 1 is 0.973 bits per heavy atom. The Balaban J connectivity index is 1.35. The molecule has 0 unspecified atom stereocenters. The van der Waals surface area contributed by atoms with E-state index in [1.54, 1.807) is 55.1 Å². The number of carbonyl (C=O) groups excluding carboxylic acids is 1. The molecule has 1 saturated heterocycles. The molecule has 1 aliphatic rings. The standard InChI is InChI=1S/C27H26F2N6O2/c1-18-13-20(5-8-22(18)29)23-15-35(27(32-23)19-3-6-21(28)7-4-19)16-26(36)34-11-9-33(10-12-34)24-14-25(37-2)31-17-30-24/h3-8,13-15,17H,9-12,16H2,1-2H3. The molecule has 2 aromatic heterocycles. The molecule has 0 spiro atoms. The van der Waals surface area contributed by atoms with Gasteiger partial charge in [0.05, 0.1) is 12.8 Å². The molecule has 1 aliphatic heterocycles. The second-order valence-corrected chi connectivity index (χ2v) is 8.83. The van der Waals surface area contributed by atoms with E-state index in [-0.39, 0.29) is 24.1 Å². The van der Waals surface area contributed by atoms with Crippen molar-refractivity contribution in [3.63, 3.8) is 0 Å². The summed E-state index contributed by atoms with van der Waals surface area (Å²) in [7, 11) is 1.56. The van der Waals surface area contributed by atoms with Crippen molar-refractivity contribution >= 4 is 11.7 Å². The quantitative estimate of drug-likeness (QED) is 0.396. The molecule has 3 heterocycles. The molecule has 37 heavy (non-hydrogen) atoms. The van der Waals surface area contributed by atoms with E-state index in [2.05, 4.69) is 14.9 Å². The van der Waals surface area contributed by atoms with Gasteiger partial charge in [0.1, 0.15) is 36.1 Å². The molecule has 0 radical (unpaired) electrons. The molecular weight excluding hydrogens is 478 g/mol. The molecule has 10 heteroatoms. The van der Waals surface area contributed by atoms with Gasteiger partial charge in [0.15, 0.2) is 0 Å². The molecule has 0 N–H and O–H groups in total. The number of piperazine rings is 1. The van der Waals surface area contributed by atoms with Crippen LogP contribution in [0, 0.1) is 18.6 Å². The van der Waals surface area contributed by atoms with Crippen LogP contribution < -0.4 is 9.64 Å². The lowest BCUT2D eigenvalue weighted by Crippen LogP contribution is -2.49. The van der Waals surface area contributed by atoms with Crippen molar-refractivity contribution < 1.29 is 18.3 Å². The molecule has 1 amide bonds. The molecule has 4 aromatic rings. The number of anilines is 1. The van der Waals surface area contributed by atoms with Crippen molar-refractivity contribution in [2.24, 2.45) is 0 Å². The summed E-state index contributed by atoms with van der Waals surface area (Å²) in [5, 5.41) is 0. The minimum absolute atomic E-state index is 0.0532. The molecule has 0 bridgehead atoms. The van der Waals surface area contributed by atoms with Crippen LogP contribution in [0.4, 0.5) is 14.6 Å². The fraction of sp³-hybridized carbons (Fsp3) is 0.259. The molecule has 0 saturated carbocycles. The maximum absolute atomic E-state index is 13.8. The third kappa shape index (κ3) is 5.28. The number of hydrogen-bond donors (Lipinski definition) is 0. The van der Waals surface area contributed by atoms with E-state index >= 15 is 0 Å². The van der Waals surface area contributed by atoms with Gasteiger partial charge in [-0.25, -0.2) is 23.7 Å². The monoisotopic (exact) mass is 504 g/mol. The molecule has 0 atom stereocenters. The maximum atomic E-state index is 13.8. The van der Waals surface area contributed by atoms with Gasteiger partial charge in [-0.05, 0) is 55.0 Å². The van der Waals surface area contributed by atoms with Gasteiger partial charge in [0.25, 0.3) is 0 Å². The van der Waals surface area contributed by atoms with E-state index in [4.69, 9.17) is 9.72 Å². The lowest BCUT2D eigenvalue weighted by atomic mass is 10.1. The minimum Gasteiger partial charge on any atom is -0.481 e. The lowest BCUT2D eigenvalue weighted by Gasteiger charge is -2.35. The van der Waals surface area contributed by atoms with Gasteiger partial charge < -0.3 is 19.1 Å². The molecule has 1 fully saturated rings. The van der Waals surface area contributed by atoms with E-state index in [1.165, 1.54) is 24.5 Å². The Morgan fingerprint density at radius 3 is 2.41 bits per heavy atom. The third-order valence-corrected chi connectivity index (χ3v) is 6.43. The fourth-order valence-corrected chi connectivity index (χ4v) is 4.35. The highest BCUT2D eigenvalue weighted by atomic mass is 19.1. The van der Waals surface area contributed by atoms with Crippen LogP contribution in [0.1, 0.15) is 5.56 Å². The Kier molecular flexibility index (Phi) is 6.80. The topological polar surface area (TPSA) is 76.4 Å². The second-order valence-electron chi connectivity index (χ2n) is 8.83. The summed E-state index contributed by atoms with van der Waals surface area (Å²) in [4.78, 5) is 30.3. The fourth-order valence-electron chi connectivity index (χ4n) is 4.35. The highest BCUT2D eigenvalue weighted by Crippen LogP contribution is 2.27. The van der Waals surface area contributed by atoms with Crippen LogP contribution >= 0.6 is 0 Å². The zero-order chi connectivity index (χ0) is 25.9. The summed E-state index contributed by atoms with van der Waals surface area (Å²) in [6.45, 7) is 4.09. The van der Waals surface area contributed by atoms with Crippen molar-refractivity contribution in [2.75, 3.05) is 38.2 Å². The van der Waals surface area contributed by atoms with E-state index in [0.717, 1.165) is 11.4 Å². The first-order valence-electron chi connectivity index (χ1n) is 11.9. The van der Waals surface area contributed by atoms with Crippen molar-refractivity contribution in [1.29, 1.82) is 0 Å². The molecule has 0 aliphatic carbocycles. The first kappa shape index (κ1) is 24.4. The first-order chi connectivity index (χ1) is 17.9. The Labute approximate surface area is 213 Å². The van der Waals surface area contributed by atoms with Crippen LogP contribution in [0.5, 0.6) is 5.88 Å².